The number of hydrogen-bond acceptors (Lipinski definition) is 5. The van der Waals surface area contributed by atoms with Crippen molar-refractivity contribution in [2.75, 3.05) is 39.3 Å². The number of nitrogens with zero attached hydrogens (tertiary/aromatic N) is 3. The van der Waals surface area contributed by atoms with Gasteiger partial charge in [-0.05, 0) is 6.54 Å². The first-order valence-corrected chi connectivity index (χ1v) is 7.66. The quantitative estimate of drug-likeness (QED) is 0.816. The van der Waals surface area contributed by atoms with Gasteiger partial charge in [-0.2, -0.15) is 0 Å². The largest absolute Gasteiger partial charge is 0.388 e. The van der Waals surface area contributed by atoms with Crippen LogP contribution in [0.2, 0.25) is 0 Å². The van der Waals surface area contributed by atoms with Gasteiger partial charge in [-0.1, -0.05) is 19.1 Å². The molecule has 2 rings (SSSR count). The van der Waals surface area contributed by atoms with Gasteiger partial charge in [-0.3, -0.25) is 0 Å². The standard InChI is InChI=1S/C12H20N4S2/c1-2-15-5-7-16(8-6-15)4-3-11-14-10(9-18-11)12(13)17/h9H,2-8H2,1H3,(H2,13,17). The number of thiocarbonyl (C=S) groups is 1. The zero-order valence-corrected chi connectivity index (χ0v) is 12.4. The Morgan fingerprint density at radius 2 is 2.06 bits per heavy atom. The third-order valence-electron chi connectivity index (χ3n) is 3.36. The fourth-order valence-electron chi connectivity index (χ4n) is 2.12. The fraction of sp³-hybridized carbons (Fsp3) is 0.667. The van der Waals surface area contributed by atoms with Crippen LogP contribution in [-0.2, 0) is 6.42 Å². The molecule has 1 aliphatic rings. The van der Waals surface area contributed by atoms with Gasteiger partial charge in [-0.25, -0.2) is 4.98 Å². The van der Waals surface area contributed by atoms with Crippen molar-refractivity contribution in [3.63, 3.8) is 0 Å². The molecule has 1 aliphatic heterocycles. The number of hydrogen-bond donors (Lipinski definition) is 1. The summed E-state index contributed by atoms with van der Waals surface area (Å²) in [5, 5.41) is 3.09. The lowest BCUT2D eigenvalue weighted by Crippen LogP contribution is -2.46. The van der Waals surface area contributed by atoms with Crippen molar-refractivity contribution >= 4 is 28.5 Å². The minimum Gasteiger partial charge on any atom is -0.388 e. The first-order valence-electron chi connectivity index (χ1n) is 6.38. The van der Waals surface area contributed by atoms with Crippen LogP contribution in [0.5, 0.6) is 0 Å². The normalized spacial score (nSPS) is 18.1. The van der Waals surface area contributed by atoms with Gasteiger partial charge >= 0.3 is 0 Å². The highest BCUT2D eigenvalue weighted by atomic mass is 32.1. The van der Waals surface area contributed by atoms with E-state index in [1.54, 1.807) is 11.3 Å². The van der Waals surface area contributed by atoms with E-state index < -0.39 is 0 Å². The molecule has 0 bridgehead atoms. The lowest BCUT2D eigenvalue weighted by atomic mass is 10.3. The Balaban J connectivity index is 1.76. The summed E-state index contributed by atoms with van der Waals surface area (Å²) < 4.78 is 0. The Morgan fingerprint density at radius 1 is 1.39 bits per heavy atom. The van der Waals surface area contributed by atoms with Gasteiger partial charge in [0.15, 0.2) is 0 Å². The molecule has 2 N–H and O–H groups in total. The van der Waals surface area contributed by atoms with E-state index in [2.05, 4.69) is 21.7 Å². The Bertz CT molecular complexity index is 397. The average Bonchev–Trinajstić information content (AvgIpc) is 2.86. The zero-order chi connectivity index (χ0) is 13.0. The topological polar surface area (TPSA) is 45.4 Å². The van der Waals surface area contributed by atoms with E-state index in [0.29, 0.717) is 4.99 Å². The molecule has 0 unspecified atom stereocenters. The molecule has 100 valence electrons. The molecule has 0 amide bonds. The van der Waals surface area contributed by atoms with Gasteiger partial charge in [0.1, 0.15) is 10.7 Å². The lowest BCUT2D eigenvalue weighted by molar-refractivity contribution is 0.138. The highest BCUT2D eigenvalue weighted by Crippen LogP contribution is 2.11. The van der Waals surface area contributed by atoms with Crippen LogP contribution in [-0.4, -0.2) is 59.0 Å². The van der Waals surface area contributed by atoms with Crippen LogP contribution in [0.3, 0.4) is 0 Å². The van der Waals surface area contributed by atoms with E-state index in [-0.39, 0.29) is 0 Å². The molecule has 0 aromatic carbocycles. The van der Waals surface area contributed by atoms with E-state index >= 15 is 0 Å². The zero-order valence-electron chi connectivity index (χ0n) is 10.8. The molecule has 4 nitrogen and oxygen atoms in total. The number of thiazole rings is 1. The first kappa shape index (κ1) is 13.9. The summed E-state index contributed by atoms with van der Waals surface area (Å²) in [7, 11) is 0. The number of piperazine rings is 1. The number of likely N-dealkylation sites (N-methyl/N-ethyl adjacent to an activating group) is 1. The monoisotopic (exact) mass is 284 g/mol. The maximum atomic E-state index is 5.56. The third kappa shape index (κ3) is 3.71. The summed E-state index contributed by atoms with van der Waals surface area (Å²) in [5.41, 5.74) is 6.32. The molecule has 1 saturated heterocycles. The number of nitrogens with two attached hydrogens (primary N) is 1. The highest BCUT2D eigenvalue weighted by molar-refractivity contribution is 7.80. The summed E-state index contributed by atoms with van der Waals surface area (Å²) in [6.45, 7) is 9.18. The molecule has 0 spiro atoms. The Hall–Kier alpha value is -0.560. The molecular formula is C12H20N4S2. The van der Waals surface area contributed by atoms with Crippen LogP contribution in [0, 0.1) is 0 Å². The van der Waals surface area contributed by atoms with Crippen LogP contribution < -0.4 is 5.73 Å². The molecule has 1 fully saturated rings. The van der Waals surface area contributed by atoms with Crippen molar-refractivity contribution in [2.24, 2.45) is 5.73 Å². The summed E-state index contributed by atoms with van der Waals surface area (Å²) >= 11 is 6.57. The van der Waals surface area contributed by atoms with Gasteiger partial charge in [-0.15, -0.1) is 11.3 Å². The molecule has 2 heterocycles. The molecule has 0 aliphatic carbocycles. The summed E-state index contributed by atoms with van der Waals surface area (Å²) in [6, 6.07) is 0. The molecular weight excluding hydrogens is 264 g/mol. The van der Waals surface area contributed by atoms with Crippen LogP contribution in [0.15, 0.2) is 5.38 Å². The second-order valence-corrected chi connectivity index (χ2v) is 5.90. The Morgan fingerprint density at radius 3 is 2.61 bits per heavy atom. The van der Waals surface area contributed by atoms with E-state index in [1.807, 2.05) is 5.38 Å². The minimum atomic E-state index is 0.397. The fourth-order valence-corrected chi connectivity index (χ4v) is 3.09. The molecule has 0 radical (unpaired) electrons. The molecule has 18 heavy (non-hydrogen) atoms. The molecule has 0 atom stereocenters. The van der Waals surface area contributed by atoms with Crippen LogP contribution in [0.4, 0.5) is 0 Å². The van der Waals surface area contributed by atoms with Crippen LogP contribution >= 0.6 is 23.6 Å². The maximum Gasteiger partial charge on any atom is 0.123 e. The van der Waals surface area contributed by atoms with Gasteiger partial charge in [0.25, 0.3) is 0 Å². The predicted molar refractivity (Wildman–Crippen MR) is 80.3 cm³/mol. The second kappa shape index (κ2) is 6.56. The summed E-state index contributed by atoms with van der Waals surface area (Å²) in [6.07, 6.45) is 0.999. The predicted octanol–water partition coefficient (Wildman–Crippen LogP) is 0.957. The summed E-state index contributed by atoms with van der Waals surface area (Å²) in [4.78, 5) is 9.84. The maximum absolute atomic E-state index is 5.56. The Labute approximate surface area is 118 Å². The van der Waals surface area contributed by atoms with Gasteiger partial charge < -0.3 is 15.5 Å². The van der Waals surface area contributed by atoms with E-state index in [1.165, 1.54) is 26.2 Å². The first-order chi connectivity index (χ1) is 8.69. The molecule has 6 heteroatoms. The van der Waals surface area contributed by atoms with Gasteiger partial charge in [0.05, 0.1) is 5.01 Å². The molecule has 0 saturated carbocycles. The van der Waals surface area contributed by atoms with Crippen molar-refractivity contribution in [3.05, 3.63) is 16.1 Å². The molecule has 1 aromatic heterocycles. The Kier molecular flexibility index (Phi) is 5.05. The van der Waals surface area contributed by atoms with E-state index in [0.717, 1.165) is 30.2 Å². The number of rotatable bonds is 5. The third-order valence-corrected chi connectivity index (χ3v) is 4.48. The highest BCUT2D eigenvalue weighted by Gasteiger charge is 2.15. The van der Waals surface area contributed by atoms with E-state index in [4.69, 9.17) is 18.0 Å². The van der Waals surface area contributed by atoms with Crippen LogP contribution in [0.1, 0.15) is 17.6 Å². The van der Waals surface area contributed by atoms with Crippen LogP contribution in [0.25, 0.3) is 0 Å². The lowest BCUT2D eigenvalue weighted by Gasteiger charge is -2.33. The van der Waals surface area contributed by atoms with Crippen molar-refractivity contribution in [2.45, 2.75) is 13.3 Å². The SMILES string of the molecule is CCN1CCN(CCc2nc(C(N)=S)cs2)CC1. The smallest absolute Gasteiger partial charge is 0.123 e. The van der Waals surface area contributed by atoms with Gasteiger partial charge in [0.2, 0.25) is 0 Å². The van der Waals surface area contributed by atoms with E-state index in [9.17, 15) is 0 Å². The van der Waals surface area contributed by atoms with Gasteiger partial charge in [0, 0.05) is 44.5 Å². The molecule has 1 aromatic rings. The summed E-state index contributed by atoms with van der Waals surface area (Å²) in [5.74, 6) is 0. The van der Waals surface area contributed by atoms with Crippen molar-refractivity contribution in [1.82, 2.24) is 14.8 Å². The van der Waals surface area contributed by atoms with Crippen molar-refractivity contribution in [1.29, 1.82) is 0 Å². The average molecular weight is 284 g/mol. The minimum absolute atomic E-state index is 0.397. The second-order valence-electron chi connectivity index (χ2n) is 4.52. The van der Waals surface area contributed by atoms with Crippen molar-refractivity contribution in [3.8, 4) is 0 Å². The number of aromatic nitrogens is 1. The van der Waals surface area contributed by atoms with Crippen molar-refractivity contribution < 1.29 is 0 Å².